The first-order valence-corrected chi connectivity index (χ1v) is 13.9. The van der Waals surface area contributed by atoms with Gasteiger partial charge in [-0.15, -0.1) is 0 Å². The maximum atomic E-state index is 13.4. The number of amides is 2. The van der Waals surface area contributed by atoms with Gasteiger partial charge < -0.3 is 19.4 Å². The summed E-state index contributed by atoms with van der Waals surface area (Å²) in [5.74, 6) is 1.43. The number of anilines is 1. The minimum Gasteiger partial charge on any atom is -0.494 e. The van der Waals surface area contributed by atoms with Gasteiger partial charge in [-0.05, 0) is 61.8 Å². The van der Waals surface area contributed by atoms with Crippen LogP contribution in [0.15, 0.2) is 24.3 Å². The minimum absolute atomic E-state index is 0.00597. The Morgan fingerprint density at radius 1 is 1.00 bits per heavy atom. The average Bonchev–Trinajstić information content (AvgIpc) is 3.08. The van der Waals surface area contributed by atoms with Crippen molar-refractivity contribution in [3.63, 3.8) is 0 Å². The number of hydrogen-bond acceptors (Lipinski definition) is 5. The summed E-state index contributed by atoms with van der Waals surface area (Å²) in [5, 5.41) is 0. The summed E-state index contributed by atoms with van der Waals surface area (Å²) in [6.07, 6.45) is 3.31. The van der Waals surface area contributed by atoms with Gasteiger partial charge in [-0.3, -0.25) is 0 Å². The Kier molecular flexibility index (Phi) is 6.61. The Balaban J connectivity index is 1.59. The van der Waals surface area contributed by atoms with Gasteiger partial charge in [-0.25, -0.2) is 13.2 Å². The van der Waals surface area contributed by atoms with E-state index in [1.54, 1.807) is 4.90 Å². The lowest BCUT2D eigenvalue weighted by atomic mass is 9.67. The maximum absolute atomic E-state index is 13.4. The van der Waals surface area contributed by atoms with Crippen molar-refractivity contribution < 1.29 is 17.9 Å². The van der Waals surface area contributed by atoms with E-state index in [4.69, 9.17) is 4.74 Å². The highest BCUT2D eigenvalue weighted by Crippen LogP contribution is 2.48. The fourth-order valence-corrected chi connectivity index (χ4v) is 7.18. The zero-order valence-corrected chi connectivity index (χ0v) is 20.4. The largest absolute Gasteiger partial charge is 0.494 e. The molecule has 0 N–H and O–H groups in total. The lowest BCUT2D eigenvalue weighted by molar-refractivity contribution is 0.128. The van der Waals surface area contributed by atoms with E-state index < -0.39 is 9.84 Å². The summed E-state index contributed by atoms with van der Waals surface area (Å²) in [5.41, 5.74) is 1.36. The van der Waals surface area contributed by atoms with E-state index in [2.05, 4.69) is 30.9 Å². The molecule has 4 fully saturated rings. The molecule has 32 heavy (non-hydrogen) atoms. The zero-order valence-electron chi connectivity index (χ0n) is 19.6. The number of ether oxygens (including phenoxy) is 1. The number of nitrogens with zero attached hydrogens (tertiary/aromatic N) is 3. The number of sulfone groups is 1. The second-order valence-electron chi connectivity index (χ2n) is 9.56. The van der Waals surface area contributed by atoms with Crippen LogP contribution in [-0.2, 0) is 9.84 Å². The molecule has 2 bridgehead atoms. The first kappa shape index (κ1) is 23.2. The molecule has 4 heterocycles. The van der Waals surface area contributed by atoms with Crippen LogP contribution in [-0.4, -0.2) is 81.1 Å². The molecule has 2 unspecified atom stereocenters. The molecule has 4 aliphatic heterocycles. The van der Waals surface area contributed by atoms with Gasteiger partial charge in [0.15, 0.2) is 9.84 Å². The Bertz CT molecular complexity index is 900. The second-order valence-corrected chi connectivity index (χ2v) is 11.9. The first-order valence-electron chi connectivity index (χ1n) is 12.0. The third-order valence-electron chi connectivity index (χ3n) is 7.88. The fourth-order valence-electron chi connectivity index (χ4n) is 5.98. The van der Waals surface area contributed by atoms with Crippen molar-refractivity contribution in [3.05, 3.63) is 24.3 Å². The number of carbonyl (C=O) groups is 1. The molecule has 1 aromatic carbocycles. The van der Waals surface area contributed by atoms with Gasteiger partial charge >= 0.3 is 6.03 Å². The van der Waals surface area contributed by atoms with E-state index >= 15 is 0 Å². The normalized spacial score (nSPS) is 26.7. The minimum atomic E-state index is -3.01. The van der Waals surface area contributed by atoms with Crippen LogP contribution in [0.4, 0.5) is 10.5 Å². The second kappa shape index (κ2) is 9.12. The van der Waals surface area contributed by atoms with Gasteiger partial charge in [0.1, 0.15) is 5.75 Å². The molecule has 0 spiro atoms. The van der Waals surface area contributed by atoms with Crippen molar-refractivity contribution >= 4 is 21.6 Å². The van der Waals surface area contributed by atoms with E-state index in [9.17, 15) is 13.2 Å². The van der Waals surface area contributed by atoms with Crippen LogP contribution in [0.2, 0.25) is 0 Å². The van der Waals surface area contributed by atoms with Crippen molar-refractivity contribution in [2.24, 2.45) is 11.3 Å². The van der Waals surface area contributed by atoms with Crippen LogP contribution < -0.4 is 9.64 Å². The SMILES string of the molecule is CCOc1ccc(N2CC3CN(C(=O)N4CCS(=O)(=O)CC4)CC2C(CC)(CC)C3)cc1. The van der Waals surface area contributed by atoms with Gasteiger partial charge in [-0.1, -0.05) is 13.8 Å². The van der Waals surface area contributed by atoms with E-state index in [-0.39, 0.29) is 29.0 Å². The van der Waals surface area contributed by atoms with Gasteiger partial charge in [-0.2, -0.15) is 0 Å². The topological polar surface area (TPSA) is 70.2 Å². The standard InChI is InChI=1S/C24H37N3O4S/c1-4-24(5-2)15-19-16-26(23(28)25-11-13-32(29,30)14-12-25)18-22(24)27(17-19)20-7-9-21(10-8-20)31-6-3/h7-10,19,22H,4-6,11-18H2,1-3H3. The highest BCUT2D eigenvalue weighted by Gasteiger charge is 2.50. The Hall–Kier alpha value is -1.96. The average molecular weight is 464 g/mol. The summed E-state index contributed by atoms with van der Waals surface area (Å²) in [4.78, 5) is 19.7. The summed E-state index contributed by atoms with van der Waals surface area (Å²) in [7, 11) is -3.01. The van der Waals surface area contributed by atoms with E-state index in [0.717, 1.165) is 38.1 Å². The number of carbonyl (C=O) groups excluding carboxylic acids is 1. The lowest BCUT2D eigenvalue weighted by Gasteiger charge is -2.51. The van der Waals surface area contributed by atoms with Crippen LogP contribution in [0.5, 0.6) is 5.75 Å². The maximum Gasteiger partial charge on any atom is 0.320 e. The quantitative estimate of drug-likeness (QED) is 0.670. The van der Waals surface area contributed by atoms with Crippen molar-refractivity contribution in [2.45, 2.75) is 46.1 Å². The number of benzene rings is 1. The molecule has 5 rings (SSSR count). The Morgan fingerprint density at radius 2 is 1.66 bits per heavy atom. The zero-order chi connectivity index (χ0) is 22.9. The Morgan fingerprint density at radius 3 is 2.25 bits per heavy atom. The fraction of sp³-hybridized carbons (Fsp3) is 0.708. The molecule has 4 saturated heterocycles. The third kappa shape index (κ3) is 4.43. The molecule has 2 atom stereocenters. The molecule has 0 saturated carbocycles. The summed E-state index contributed by atoms with van der Waals surface area (Å²) < 4.78 is 29.3. The van der Waals surface area contributed by atoms with Gasteiger partial charge in [0.2, 0.25) is 0 Å². The Labute approximate surface area is 192 Å². The number of fused-ring (bicyclic) bond motifs is 4. The highest BCUT2D eigenvalue weighted by atomic mass is 32.2. The van der Waals surface area contributed by atoms with Crippen molar-refractivity contribution in [1.82, 2.24) is 9.80 Å². The molecule has 178 valence electrons. The molecular formula is C24H37N3O4S. The van der Waals surface area contributed by atoms with Gasteiger partial charge in [0.05, 0.1) is 24.2 Å². The van der Waals surface area contributed by atoms with Crippen LogP contribution >= 0.6 is 0 Å². The predicted molar refractivity (Wildman–Crippen MR) is 127 cm³/mol. The predicted octanol–water partition coefficient (Wildman–Crippen LogP) is 3.25. The summed E-state index contributed by atoms with van der Waals surface area (Å²) in [6.45, 7) is 10.2. The van der Waals surface area contributed by atoms with Crippen LogP contribution in [0.25, 0.3) is 0 Å². The van der Waals surface area contributed by atoms with Crippen molar-refractivity contribution in [2.75, 3.05) is 55.7 Å². The molecule has 8 heteroatoms. The van der Waals surface area contributed by atoms with Crippen molar-refractivity contribution in [1.29, 1.82) is 0 Å². The lowest BCUT2D eigenvalue weighted by Crippen LogP contribution is -2.57. The molecule has 1 aromatic rings. The number of hydrogen-bond donors (Lipinski definition) is 0. The molecule has 2 amide bonds. The first-order chi connectivity index (χ1) is 15.3. The van der Waals surface area contributed by atoms with Gasteiger partial charge in [0, 0.05) is 38.4 Å². The van der Waals surface area contributed by atoms with E-state index in [1.165, 1.54) is 5.69 Å². The van der Waals surface area contributed by atoms with Gasteiger partial charge in [0.25, 0.3) is 0 Å². The summed E-state index contributed by atoms with van der Waals surface area (Å²) >= 11 is 0. The molecule has 4 aliphatic rings. The van der Waals surface area contributed by atoms with Crippen LogP contribution in [0, 0.1) is 11.3 Å². The van der Waals surface area contributed by atoms with E-state index in [1.807, 2.05) is 24.0 Å². The number of rotatable bonds is 5. The number of urea groups is 1. The molecule has 0 aliphatic carbocycles. The monoisotopic (exact) mass is 463 g/mol. The third-order valence-corrected chi connectivity index (χ3v) is 9.49. The van der Waals surface area contributed by atoms with Crippen LogP contribution in [0.1, 0.15) is 40.0 Å². The molecule has 7 nitrogen and oxygen atoms in total. The van der Waals surface area contributed by atoms with Crippen molar-refractivity contribution in [3.8, 4) is 5.75 Å². The highest BCUT2D eigenvalue weighted by molar-refractivity contribution is 7.91. The number of piperidine rings is 1. The smallest absolute Gasteiger partial charge is 0.320 e. The molecule has 0 radical (unpaired) electrons. The van der Waals surface area contributed by atoms with E-state index in [0.29, 0.717) is 32.2 Å². The van der Waals surface area contributed by atoms with Crippen LogP contribution in [0.3, 0.4) is 0 Å². The molecule has 0 aromatic heterocycles. The molecular weight excluding hydrogens is 426 g/mol. The summed E-state index contributed by atoms with van der Waals surface area (Å²) in [6, 6.07) is 8.60.